The number of nitrogens with two attached hydrogens (primary N) is 1. The van der Waals surface area contributed by atoms with Gasteiger partial charge in [-0.1, -0.05) is 19.1 Å². The van der Waals surface area contributed by atoms with E-state index >= 15 is 0 Å². The number of piperidine rings is 1. The minimum Gasteiger partial charge on any atom is -0.397 e. The highest BCUT2D eigenvalue weighted by molar-refractivity contribution is 5.96. The summed E-state index contributed by atoms with van der Waals surface area (Å²) < 4.78 is 0. The van der Waals surface area contributed by atoms with Gasteiger partial charge in [0.2, 0.25) is 5.91 Å². The second-order valence-electron chi connectivity index (χ2n) is 5.66. The number of aryl methyl sites for hydroxylation is 1. The summed E-state index contributed by atoms with van der Waals surface area (Å²) in [4.78, 5) is 14.2. The van der Waals surface area contributed by atoms with E-state index in [0.717, 1.165) is 25.1 Å². The molecule has 0 spiro atoms. The van der Waals surface area contributed by atoms with Gasteiger partial charge in [-0.3, -0.25) is 9.69 Å². The maximum atomic E-state index is 12.1. The first-order chi connectivity index (χ1) is 9.47. The van der Waals surface area contributed by atoms with Gasteiger partial charge in [0.05, 0.1) is 24.0 Å². The molecule has 110 valence electrons. The second-order valence-corrected chi connectivity index (χ2v) is 5.66. The number of aliphatic hydroxyl groups is 1. The van der Waals surface area contributed by atoms with E-state index in [-0.39, 0.29) is 17.9 Å². The minimum atomic E-state index is -0.249. The Hall–Kier alpha value is -1.59. The van der Waals surface area contributed by atoms with Crippen molar-refractivity contribution in [2.75, 3.05) is 30.7 Å². The van der Waals surface area contributed by atoms with Crippen molar-refractivity contribution in [1.82, 2.24) is 4.90 Å². The van der Waals surface area contributed by atoms with Crippen molar-refractivity contribution in [3.63, 3.8) is 0 Å². The van der Waals surface area contributed by atoms with E-state index in [2.05, 4.69) is 10.2 Å². The van der Waals surface area contributed by atoms with E-state index in [1.165, 1.54) is 0 Å². The predicted molar refractivity (Wildman–Crippen MR) is 80.4 cm³/mol. The molecule has 0 bridgehead atoms. The number of amides is 1. The van der Waals surface area contributed by atoms with Gasteiger partial charge in [0, 0.05) is 13.1 Å². The molecule has 2 unspecified atom stereocenters. The number of nitrogen functional groups attached to an aromatic ring is 1. The summed E-state index contributed by atoms with van der Waals surface area (Å²) in [5.74, 6) is 0.148. The number of likely N-dealkylation sites (tertiary alicyclic amines) is 1. The van der Waals surface area contributed by atoms with Gasteiger partial charge in [0.25, 0.3) is 0 Å². The van der Waals surface area contributed by atoms with Gasteiger partial charge in [-0.25, -0.2) is 0 Å². The Morgan fingerprint density at radius 2 is 2.30 bits per heavy atom. The fraction of sp³-hybridized carbons (Fsp3) is 0.533. The molecule has 5 nitrogen and oxygen atoms in total. The van der Waals surface area contributed by atoms with Crippen molar-refractivity contribution < 1.29 is 9.90 Å². The van der Waals surface area contributed by atoms with Gasteiger partial charge in [-0.05, 0) is 30.9 Å². The van der Waals surface area contributed by atoms with Crippen LogP contribution in [0.5, 0.6) is 0 Å². The Bertz CT molecular complexity index is 470. The number of aliphatic hydroxyl groups excluding tert-OH is 1. The maximum Gasteiger partial charge on any atom is 0.238 e. The van der Waals surface area contributed by atoms with Crippen LogP contribution in [0.4, 0.5) is 11.4 Å². The molecule has 0 saturated carbocycles. The quantitative estimate of drug-likeness (QED) is 0.726. The lowest BCUT2D eigenvalue weighted by molar-refractivity contribution is -0.118. The summed E-state index contributed by atoms with van der Waals surface area (Å²) >= 11 is 0. The van der Waals surface area contributed by atoms with Crippen LogP contribution in [0.1, 0.15) is 18.9 Å². The SMILES string of the molecule is Cc1cccc(N)c1NC(=O)CN1CCC(O)C(C)C1. The maximum absolute atomic E-state index is 12.1. The molecule has 20 heavy (non-hydrogen) atoms. The van der Waals surface area contributed by atoms with Crippen LogP contribution >= 0.6 is 0 Å². The summed E-state index contributed by atoms with van der Waals surface area (Å²) in [7, 11) is 0. The molecule has 1 amide bonds. The molecule has 0 radical (unpaired) electrons. The van der Waals surface area contributed by atoms with E-state index in [9.17, 15) is 9.90 Å². The molecule has 2 rings (SSSR count). The molecule has 4 N–H and O–H groups in total. The highest BCUT2D eigenvalue weighted by Crippen LogP contribution is 2.22. The number of nitrogens with zero attached hydrogens (tertiary/aromatic N) is 1. The number of benzene rings is 1. The second kappa shape index (κ2) is 6.24. The van der Waals surface area contributed by atoms with Gasteiger partial charge in [-0.2, -0.15) is 0 Å². The zero-order valence-electron chi connectivity index (χ0n) is 12.1. The number of carbonyl (C=O) groups excluding carboxylic acids is 1. The Labute approximate surface area is 119 Å². The summed E-state index contributed by atoms with van der Waals surface area (Å²) in [6, 6.07) is 5.57. The Kier molecular flexibility index (Phi) is 4.62. The first-order valence-corrected chi connectivity index (χ1v) is 7.02. The number of nitrogens with one attached hydrogen (secondary N) is 1. The molecular weight excluding hydrogens is 254 g/mol. The van der Waals surface area contributed by atoms with Crippen molar-refractivity contribution in [1.29, 1.82) is 0 Å². The lowest BCUT2D eigenvalue weighted by Gasteiger charge is -2.33. The molecule has 1 aromatic rings. The highest BCUT2D eigenvalue weighted by atomic mass is 16.3. The van der Waals surface area contributed by atoms with Crippen molar-refractivity contribution >= 4 is 17.3 Å². The standard InChI is InChI=1S/C15H23N3O2/c1-10-4-3-5-12(16)15(10)17-14(20)9-18-7-6-13(19)11(2)8-18/h3-5,11,13,19H,6-9,16H2,1-2H3,(H,17,20). The van der Waals surface area contributed by atoms with Gasteiger partial charge in [0.1, 0.15) is 0 Å². The Morgan fingerprint density at radius 1 is 1.55 bits per heavy atom. The number of hydrogen-bond donors (Lipinski definition) is 3. The monoisotopic (exact) mass is 277 g/mol. The molecule has 1 aliphatic heterocycles. The van der Waals surface area contributed by atoms with Crippen LogP contribution in [0.15, 0.2) is 18.2 Å². The molecule has 1 heterocycles. The fourth-order valence-electron chi connectivity index (χ4n) is 2.61. The van der Waals surface area contributed by atoms with Gasteiger partial charge in [0.15, 0.2) is 0 Å². The van der Waals surface area contributed by atoms with Crippen LogP contribution in [0, 0.1) is 12.8 Å². The average Bonchev–Trinajstić information content (AvgIpc) is 2.38. The number of para-hydroxylation sites is 1. The highest BCUT2D eigenvalue weighted by Gasteiger charge is 2.25. The Balaban J connectivity index is 1.93. The lowest BCUT2D eigenvalue weighted by atomic mass is 9.97. The van der Waals surface area contributed by atoms with Gasteiger partial charge < -0.3 is 16.2 Å². The molecule has 1 fully saturated rings. The smallest absolute Gasteiger partial charge is 0.238 e. The van der Waals surface area contributed by atoms with Crippen LogP contribution < -0.4 is 11.1 Å². The zero-order chi connectivity index (χ0) is 14.7. The lowest BCUT2D eigenvalue weighted by Crippen LogP contribution is -2.45. The third-order valence-electron chi connectivity index (χ3n) is 3.88. The fourth-order valence-corrected chi connectivity index (χ4v) is 2.61. The number of hydrogen-bond acceptors (Lipinski definition) is 4. The third-order valence-corrected chi connectivity index (χ3v) is 3.88. The number of rotatable bonds is 3. The molecule has 1 saturated heterocycles. The summed E-state index contributed by atoms with van der Waals surface area (Å²) in [5, 5.41) is 12.6. The summed E-state index contributed by atoms with van der Waals surface area (Å²) in [6.07, 6.45) is 0.474. The molecule has 1 aromatic carbocycles. The largest absolute Gasteiger partial charge is 0.397 e. The van der Waals surface area contributed by atoms with Crippen molar-refractivity contribution in [2.24, 2.45) is 5.92 Å². The first-order valence-electron chi connectivity index (χ1n) is 7.02. The number of carbonyl (C=O) groups is 1. The topological polar surface area (TPSA) is 78.6 Å². The van der Waals surface area contributed by atoms with Gasteiger partial charge >= 0.3 is 0 Å². The minimum absolute atomic E-state index is 0.0606. The van der Waals surface area contributed by atoms with Crippen molar-refractivity contribution in [3.05, 3.63) is 23.8 Å². The van der Waals surface area contributed by atoms with E-state index in [1.54, 1.807) is 6.07 Å². The van der Waals surface area contributed by atoms with Crippen molar-refractivity contribution in [2.45, 2.75) is 26.4 Å². The van der Waals surface area contributed by atoms with E-state index in [0.29, 0.717) is 17.9 Å². The van der Waals surface area contributed by atoms with Crippen LogP contribution in [-0.4, -0.2) is 41.7 Å². The van der Waals surface area contributed by atoms with Crippen LogP contribution in [-0.2, 0) is 4.79 Å². The van der Waals surface area contributed by atoms with Crippen LogP contribution in [0.25, 0.3) is 0 Å². The predicted octanol–water partition coefficient (Wildman–Crippen LogP) is 1.22. The van der Waals surface area contributed by atoms with E-state index < -0.39 is 0 Å². The van der Waals surface area contributed by atoms with Crippen molar-refractivity contribution in [3.8, 4) is 0 Å². The average molecular weight is 277 g/mol. The Morgan fingerprint density at radius 3 is 2.95 bits per heavy atom. The first kappa shape index (κ1) is 14.8. The molecule has 2 atom stereocenters. The molecule has 1 aliphatic rings. The van der Waals surface area contributed by atoms with Crippen LogP contribution in [0.2, 0.25) is 0 Å². The molecule has 0 aromatic heterocycles. The zero-order valence-corrected chi connectivity index (χ0v) is 12.1. The van der Waals surface area contributed by atoms with Gasteiger partial charge in [-0.15, -0.1) is 0 Å². The molecule has 0 aliphatic carbocycles. The van der Waals surface area contributed by atoms with E-state index in [1.807, 2.05) is 26.0 Å². The van der Waals surface area contributed by atoms with E-state index in [4.69, 9.17) is 5.73 Å². The van der Waals surface area contributed by atoms with Crippen LogP contribution in [0.3, 0.4) is 0 Å². The number of anilines is 2. The molecular formula is C15H23N3O2. The summed E-state index contributed by atoms with van der Waals surface area (Å²) in [6.45, 7) is 5.77. The normalized spacial score (nSPS) is 23.6. The summed E-state index contributed by atoms with van der Waals surface area (Å²) in [5.41, 5.74) is 8.12. The third kappa shape index (κ3) is 3.49. The molecule has 5 heteroatoms.